The molecule has 0 saturated carbocycles. The Kier molecular flexibility index (Phi) is 5.48. The van der Waals surface area contributed by atoms with Gasteiger partial charge in [-0.05, 0) is 25.8 Å². The first-order valence-corrected chi connectivity index (χ1v) is 11.6. The fraction of sp³-hybridized carbons (Fsp3) is 0.429. The minimum Gasteiger partial charge on any atom is -0.477 e. The number of carboxylic acid groups (broad SMARTS) is 1. The Morgan fingerprint density at radius 3 is 2.69 bits per heavy atom. The van der Waals surface area contributed by atoms with Gasteiger partial charge in [-0.2, -0.15) is 0 Å². The van der Waals surface area contributed by atoms with Gasteiger partial charge in [0.1, 0.15) is 10.8 Å². The van der Waals surface area contributed by atoms with Crippen LogP contribution in [0.4, 0.5) is 5.82 Å². The summed E-state index contributed by atoms with van der Waals surface area (Å²) in [5.41, 5.74) is 6.93. The Hall–Kier alpha value is -2.40. The van der Waals surface area contributed by atoms with Crippen LogP contribution < -0.4 is 10.6 Å². The van der Waals surface area contributed by atoms with Gasteiger partial charge >= 0.3 is 5.97 Å². The third-order valence-electron chi connectivity index (χ3n) is 6.56. The Morgan fingerprint density at radius 2 is 2.06 bits per heavy atom. The average Bonchev–Trinajstić information content (AvgIpc) is 3.35. The van der Waals surface area contributed by atoms with Gasteiger partial charge in [-0.25, -0.2) is 19.7 Å². The predicted molar refractivity (Wildman–Crippen MR) is 121 cm³/mol. The third-order valence-corrected chi connectivity index (χ3v) is 8.03. The number of fused-ring (bicyclic) bond motifs is 1. The number of ether oxygens (including phenoxy) is 1. The highest BCUT2D eigenvalue weighted by Crippen LogP contribution is 2.42. The standard InChI is InChI=1S/C21H23ClN6O3S/c1-12-18(23)21(11-31-12)3-6-27(7-4-21)15-9-25-16(10-24-15)32-14-2-5-28-13(20(29)30)8-26-19(28)17(14)22/h2,5,8-10,12,18H,3-4,6-7,11,23H2,1H3,(H,29,30)/t12-,18+/m0/s1. The van der Waals surface area contributed by atoms with Crippen LogP contribution in [0.5, 0.6) is 0 Å². The lowest BCUT2D eigenvalue weighted by molar-refractivity contribution is 0.0689. The van der Waals surface area contributed by atoms with Gasteiger partial charge < -0.3 is 20.5 Å². The molecule has 2 aliphatic heterocycles. The first kappa shape index (κ1) is 21.4. The van der Waals surface area contributed by atoms with E-state index >= 15 is 0 Å². The van der Waals surface area contributed by atoms with Crippen molar-refractivity contribution in [2.75, 3.05) is 24.6 Å². The number of imidazole rings is 1. The first-order chi connectivity index (χ1) is 15.4. The van der Waals surface area contributed by atoms with Gasteiger partial charge in [0.2, 0.25) is 0 Å². The van der Waals surface area contributed by atoms with Gasteiger partial charge in [-0.15, -0.1) is 0 Å². The molecule has 2 atom stereocenters. The van der Waals surface area contributed by atoms with Crippen LogP contribution in [-0.2, 0) is 4.74 Å². The largest absolute Gasteiger partial charge is 0.477 e. The molecule has 3 N–H and O–H groups in total. The summed E-state index contributed by atoms with van der Waals surface area (Å²) in [6.07, 6.45) is 8.51. The van der Waals surface area contributed by atoms with E-state index in [1.54, 1.807) is 24.7 Å². The Morgan fingerprint density at radius 1 is 1.28 bits per heavy atom. The Balaban J connectivity index is 1.28. The third kappa shape index (κ3) is 3.61. The highest BCUT2D eigenvalue weighted by atomic mass is 35.5. The maximum absolute atomic E-state index is 11.3. The number of carboxylic acids is 1. The van der Waals surface area contributed by atoms with Crippen LogP contribution in [0.25, 0.3) is 5.65 Å². The SMILES string of the molecule is C[C@@H]1OCC2(CCN(c3cnc(Sc4ccn5c(C(=O)O)cnc5c4Cl)cn3)CC2)[C@@H]1N. The molecule has 5 heterocycles. The number of halogens is 1. The maximum atomic E-state index is 11.3. The summed E-state index contributed by atoms with van der Waals surface area (Å²) in [6.45, 7) is 4.54. The van der Waals surface area contributed by atoms with E-state index in [4.69, 9.17) is 22.1 Å². The molecular formula is C21H23ClN6O3S. The van der Waals surface area contributed by atoms with Crippen molar-refractivity contribution in [1.29, 1.82) is 0 Å². The molecule has 0 aliphatic carbocycles. The number of pyridine rings is 1. The fourth-order valence-electron chi connectivity index (χ4n) is 4.53. The van der Waals surface area contributed by atoms with E-state index in [1.807, 2.05) is 0 Å². The van der Waals surface area contributed by atoms with Crippen molar-refractivity contribution in [3.8, 4) is 0 Å². The molecule has 5 rings (SSSR count). The van der Waals surface area contributed by atoms with E-state index in [9.17, 15) is 9.90 Å². The summed E-state index contributed by atoms with van der Waals surface area (Å²) in [7, 11) is 0. The van der Waals surface area contributed by atoms with Crippen LogP contribution in [0, 0.1) is 5.41 Å². The highest BCUT2D eigenvalue weighted by Gasteiger charge is 2.47. The second-order valence-electron chi connectivity index (χ2n) is 8.34. The zero-order chi connectivity index (χ0) is 22.5. The van der Waals surface area contributed by atoms with Gasteiger partial charge in [-0.1, -0.05) is 23.4 Å². The topological polar surface area (TPSA) is 119 Å². The highest BCUT2D eigenvalue weighted by molar-refractivity contribution is 7.99. The van der Waals surface area contributed by atoms with E-state index < -0.39 is 5.97 Å². The van der Waals surface area contributed by atoms with Gasteiger partial charge in [0, 0.05) is 35.6 Å². The van der Waals surface area contributed by atoms with Crippen molar-refractivity contribution < 1.29 is 14.6 Å². The van der Waals surface area contributed by atoms with Gasteiger partial charge in [0.15, 0.2) is 11.3 Å². The van der Waals surface area contributed by atoms with E-state index in [2.05, 4.69) is 26.8 Å². The summed E-state index contributed by atoms with van der Waals surface area (Å²) in [5, 5.41) is 10.3. The summed E-state index contributed by atoms with van der Waals surface area (Å²) in [4.78, 5) is 27.5. The molecule has 0 amide bonds. The number of anilines is 1. The summed E-state index contributed by atoms with van der Waals surface area (Å²) in [6, 6.07) is 1.83. The second-order valence-corrected chi connectivity index (χ2v) is 9.78. The predicted octanol–water partition coefficient (Wildman–Crippen LogP) is 2.96. The molecule has 3 aromatic rings. The zero-order valence-corrected chi connectivity index (χ0v) is 19.0. The van der Waals surface area contributed by atoms with Crippen molar-refractivity contribution in [2.45, 2.75) is 41.8 Å². The van der Waals surface area contributed by atoms with Crippen molar-refractivity contribution in [1.82, 2.24) is 19.4 Å². The van der Waals surface area contributed by atoms with Crippen LogP contribution in [0.1, 0.15) is 30.3 Å². The van der Waals surface area contributed by atoms with E-state index in [-0.39, 0.29) is 23.3 Å². The Labute approximate surface area is 193 Å². The molecule has 9 nitrogen and oxygen atoms in total. The van der Waals surface area contributed by atoms with Crippen LogP contribution in [0.15, 0.2) is 40.8 Å². The van der Waals surface area contributed by atoms with Crippen molar-refractivity contribution in [3.63, 3.8) is 0 Å². The van der Waals surface area contributed by atoms with E-state index in [1.165, 1.54) is 22.4 Å². The normalized spacial score (nSPS) is 22.7. The molecule has 0 aromatic carbocycles. The zero-order valence-electron chi connectivity index (χ0n) is 17.4. The summed E-state index contributed by atoms with van der Waals surface area (Å²) >= 11 is 7.83. The molecule has 2 saturated heterocycles. The number of carbonyl (C=O) groups is 1. The lowest BCUT2D eigenvalue weighted by Gasteiger charge is -2.41. The number of aromatic nitrogens is 4. The number of aromatic carboxylic acids is 1. The molecule has 1 spiro atoms. The number of nitrogens with two attached hydrogens (primary N) is 1. The lowest BCUT2D eigenvalue weighted by Crippen LogP contribution is -2.50. The van der Waals surface area contributed by atoms with Crippen LogP contribution in [-0.4, -0.2) is 62.3 Å². The van der Waals surface area contributed by atoms with Crippen LogP contribution >= 0.6 is 23.4 Å². The molecule has 2 aliphatic rings. The van der Waals surface area contributed by atoms with Crippen LogP contribution in [0.2, 0.25) is 5.02 Å². The minimum absolute atomic E-state index is 0.0606. The van der Waals surface area contributed by atoms with Crippen molar-refractivity contribution in [3.05, 3.63) is 41.6 Å². The fourth-order valence-corrected chi connectivity index (χ4v) is 5.59. The van der Waals surface area contributed by atoms with Gasteiger partial charge in [-0.3, -0.25) is 4.40 Å². The molecule has 0 unspecified atom stereocenters. The maximum Gasteiger partial charge on any atom is 0.354 e. The monoisotopic (exact) mass is 474 g/mol. The number of rotatable bonds is 4. The Bertz CT molecular complexity index is 1160. The average molecular weight is 475 g/mol. The molecule has 0 radical (unpaired) electrons. The molecule has 2 fully saturated rings. The number of nitrogens with zero attached hydrogens (tertiary/aromatic N) is 5. The molecule has 0 bridgehead atoms. The van der Waals surface area contributed by atoms with Crippen molar-refractivity contribution >= 4 is 40.8 Å². The van der Waals surface area contributed by atoms with E-state index in [0.29, 0.717) is 15.7 Å². The molecule has 168 valence electrons. The molecule has 11 heteroatoms. The molecular weight excluding hydrogens is 452 g/mol. The molecule has 32 heavy (non-hydrogen) atoms. The summed E-state index contributed by atoms with van der Waals surface area (Å²) < 4.78 is 7.25. The summed E-state index contributed by atoms with van der Waals surface area (Å²) in [5.74, 6) is -0.221. The number of piperidine rings is 1. The molecule has 3 aromatic heterocycles. The first-order valence-electron chi connectivity index (χ1n) is 10.4. The van der Waals surface area contributed by atoms with Gasteiger partial charge in [0.05, 0.1) is 36.3 Å². The van der Waals surface area contributed by atoms with Gasteiger partial charge in [0.25, 0.3) is 0 Å². The lowest BCUT2D eigenvalue weighted by atomic mass is 9.73. The number of hydrogen-bond acceptors (Lipinski definition) is 8. The minimum atomic E-state index is -1.06. The smallest absolute Gasteiger partial charge is 0.354 e. The van der Waals surface area contributed by atoms with E-state index in [0.717, 1.165) is 43.3 Å². The second kappa shape index (κ2) is 8.18. The quantitative estimate of drug-likeness (QED) is 0.588. The van der Waals surface area contributed by atoms with Crippen molar-refractivity contribution in [2.24, 2.45) is 11.1 Å². The van der Waals surface area contributed by atoms with Crippen LogP contribution in [0.3, 0.4) is 0 Å². The number of hydrogen-bond donors (Lipinski definition) is 2.